The van der Waals surface area contributed by atoms with Crippen molar-refractivity contribution in [1.82, 2.24) is 5.32 Å². The van der Waals surface area contributed by atoms with Crippen molar-refractivity contribution in [3.8, 4) is 0 Å². The largest absolute Gasteiger partial charge is 0.351 e. The quantitative estimate of drug-likeness (QED) is 0.885. The fraction of sp³-hybridized carbons (Fsp3) is 0.200. The highest BCUT2D eigenvalue weighted by Gasteiger charge is 2.08. The van der Waals surface area contributed by atoms with Crippen LogP contribution in [0.3, 0.4) is 0 Å². The first-order valence-corrected chi connectivity index (χ1v) is 7.70. The summed E-state index contributed by atoms with van der Waals surface area (Å²) in [5.41, 5.74) is 1.61. The predicted molar refractivity (Wildman–Crippen MR) is 86.1 cm³/mol. The van der Waals surface area contributed by atoms with Crippen LogP contribution in [0, 0.1) is 6.92 Å². The van der Waals surface area contributed by atoms with Crippen molar-refractivity contribution in [1.29, 1.82) is 0 Å². The number of carbonyl (C=O) groups is 2. The number of benzene rings is 1. The maximum absolute atomic E-state index is 11.8. The minimum atomic E-state index is -0.165. The predicted octanol–water partition coefficient (Wildman–Crippen LogP) is 3.47. The highest BCUT2D eigenvalue weighted by Crippen LogP contribution is 2.19. The van der Waals surface area contributed by atoms with E-state index in [4.69, 9.17) is 11.6 Å². The molecule has 0 saturated carbocycles. The van der Waals surface area contributed by atoms with Gasteiger partial charge in [-0.1, -0.05) is 23.7 Å². The Hall–Kier alpha value is -1.85. The van der Waals surface area contributed by atoms with Crippen molar-refractivity contribution in [3.05, 3.63) is 51.2 Å². The van der Waals surface area contributed by atoms with Gasteiger partial charge in [-0.25, -0.2) is 0 Å². The maximum atomic E-state index is 11.8. The summed E-state index contributed by atoms with van der Waals surface area (Å²) in [5, 5.41) is 7.90. The number of halogens is 1. The van der Waals surface area contributed by atoms with Gasteiger partial charge in [-0.2, -0.15) is 0 Å². The van der Waals surface area contributed by atoms with Crippen LogP contribution in [0.25, 0.3) is 0 Å². The molecule has 0 aliphatic rings. The number of amides is 2. The molecule has 0 atom stereocenters. The summed E-state index contributed by atoms with van der Waals surface area (Å²) < 4.78 is 0. The third-order valence-electron chi connectivity index (χ3n) is 2.84. The van der Waals surface area contributed by atoms with E-state index in [1.165, 1.54) is 11.3 Å². The number of aryl methyl sites for hydroxylation is 1. The standard InChI is InChI=1S/C15H15ClN2O2S/c1-10-4-5-11(9-12(10)16)18-14(19)6-7-17-15(20)13-3-2-8-21-13/h2-5,8-9H,6-7H2,1H3,(H,17,20)(H,18,19). The van der Waals surface area contributed by atoms with Crippen LogP contribution in [0.1, 0.15) is 21.7 Å². The lowest BCUT2D eigenvalue weighted by molar-refractivity contribution is -0.116. The molecular formula is C15H15ClN2O2S. The van der Waals surface area contributed by atoms with Gasteiger partial charge in [0.2, 0.25) is 5.91 Å². The van der Waals surface area contributed by atoms with E-state index < -0.39 is 0 Å². The zero-order valence-corrected chi connectivity index (χ0v) is 13.1. The second-order valence-electron chi connectivity index (χ2n) is 4.50. The highest BCUT2D eigenvalue weighted by molar-refractivity contribution is 7.12. The molecule has 2 aromatic rings. The van der Waals surface area contributed by atoms with E-state index >= 15 is 0 Å². The Morgan fingerprint density at radius 3 is 2.76 bits per heavy atom. The van der Waals surface area contributed by atoms with Crippen molar-refractivity contribution >= 4 is 40.4 Å². The van der Waals surface area contributed by atoms with Crippen LogP contribution in [0.5, 0.6) is 0 Å². The normalized spacial score (nSPS) is 10.2. The molecule has 21 heavy (non-hydrogen) atoms. The van der Waals surface area contributed by atoms with Crippen LogP contribution < -0.4 is 10.6 Å². The molecular weight excluding hydrogens is 308 g/mol. The number of hydrogen-bond donors (Lipinski definition) is 2. The molecule has 2 rings (SSSR count). The lowest BCUT2D eigenvalue weighted by Gasteiger charge is -2.07. The molecule has 0 spiro atoms. The molecule has 0 aliphatic carbocycles. The van der Waals surface area contributed by atoms with Crippen molar-refractivity contribution < 1.29 is 9.59 Å². The molecule has 6 heteroatoms. The van der Waals surface area contributed by atoms with Gasteiger partial charge in [-0.3, -0.25) is 9.59 Å². The number of hydrogen-bond acceptors (Lipinski definition) is 3. The summed E-state index contributed by atoms with van der Waals surface area (Å²) in [4.78, 5) is 24.1. The molecule has 4 nitrogen and oxygen atoms in total. The molecule has 0 bridgehead atoms. The highest BCUT2D eigenvalue weighted by atomic mass is 35.5. The number of thiophene rings is 1. The summed E-state index contributed by atoms with van der Waals surface area (Å²) in [5.74, 6) is -0.322. The Labute approximate surface area is 132 Å². The van der Waals surface area contributed by atoms with Gasteiger partial charge in [0.05, 0.1) is 4.88 Å². The lowest BCUT2D eigenvalue weighted by atomic mass is 10.2. The second kappa shape index (κ2) is 7.24. The Kier molecular flexibility index (Phi) is 5.36. The van der Waals surface area contributed by atoms with E-state index in [0.29, 0.717) is 22.1 Å². The zero-order valence-electron chi connectivity index (χ0n) is 11.5. The van der Waals surface area contributed by atoms with Crippen LogP contribution >= 0.6 is 22.9 Å². The third kappa shape index (κ3) is 4.58. The van der Waals surface area contributed by atoms with Crippen LogP contribution in [-0.4, -0.2) is 18.4 Å². The molecule has 0 saturated heterocycles. The second-order valence-corrected chi connectivity index (χ2v) is 5.85. The SMILES string of the molecule is Cc1ccc(NC(=O)CCNC(=O)c2cccs2)cc1Cl. The van der Waals surface area contributed by atoms with Crippen molar-refractivity contribution in [2.45, 2.75) is 13.3 Å². The van der Waals surface area contributed by atoms with Crippen molar-refractivity contribution in [2.24, 2.45) is 0 Å². The summed E-state index contributed by atoms with van der Waals surface area (Å²) in [6, 6.07) is 8.90. The number of nitrogens with one attached hydrogen (secondary N) is 2. The summed E-state index contributed by atoms with van der Waals surface area (Å²) in [6.45, 7) is 2.19. The molecule has 2 amide bonds. The number of carbonyl (C=O) groups excluding carboxylic acids is 2. The minimum Gasteiger partial charge on any atom is -0.351 e. The average Bonchev–Trinajstić information content (AvgIpc) is 2.97. The van der Waals surface area contributed by atoms with Gasteiger partial charge in [-0.05, 0) is 36.1 Å². The van der Waals surface area contributed by atoms with Crippen LogP contribution in [0.2, 0.25) is 5.02 Å². The molecule has 0 unspecified atom stereocenters. The zero-order chi connectivity index (χ0) is 15.2. The minimum absolute atomic E-state index is 0.156. The van der Waals surface area contributed by atoms with E-state index in [9.17, 15) is 9.59 Å². The summed E-state index contributed by atoms with van der Waals surface area (Å²) >= 11 is 7.36. The van der Waals surface area contributed by atoms with Crippen LogP contribution in [-0.2, 0) is 4.79 Å². The monoisotopic (exact) mass is 322 g/mol. The molecule has 2 N–H and O–H groups in total. The smallest absolute Gasteiger partial charge is 0.261 e. The van der Waals surface area contributed by atoms with Gasteiger partial charge in [0.15, 0.2) is 0 Å². The third-order valence-corrected chi connectivity index (χ3v) is 4.11. The van der Waals surface area contributed by atoms with Crippen LogP contribution in [0.15, 0.2) is 35.7 Å². The van der Waals surface area contributed by atoms with E-state index in [1.54, 1.807) is 18.2 Å². The first kappa shape index (κ1) is 15.5. The number of rotatable bonds is 5. The molecule has 0 radical (unpaired) electrons. The Morgan fingerprint density at radius 1 is 1.29 bits per heavy atom. The van der Waals surface area contributed by atoms with E-state index in [-0.39, 0.29) is 18.2 Å². The lowest BCUT2D eigenvalue weighted by Crippen LogP contribution is -2.27. The van der Waals surface area contributed by atoms with E-state index in [2.05, 4.69) is 10.6 Å². The van der Waals surface area contributed by atoms with Crippen LogP contribution in [0.4, 0.5) is 5.69 Å². The molecule has 0 fully saturated rings. The van der Waals surface area contributed by atoms with Crippen molar-refractivity contribution in [2.75, 3.05) is 11.9 Å². The van der Waals surface area contributed by atoms with E-state index in [1.807, 2.05) is 24.4 Å². The molecule has 1 aromatic carbocycles. The maximum Gasteiger partial charge on any atom is 0.261 e. The van der Waals surface area contributed by atoms with E-state index in [0.717, 1.165) is 5.56 Å². The van der Waals surface area contributed by atoms with Gasteiger partial charge in [-0.15, -0.1) is 11.3 Å². The fourth-order valence-electron chi connectivity index (χ4n) is 1.68. The van der Waals surface area contributed by atoms with Gasteiger partial charge in [0.1, 0.15) is 0 Å². The Morgan fingerprint density at radius 2 is 2.10 bits per heavy atom. The van der Waals surface area contributed by atoms with Crippen molar-refractivity contribution in [3.63, 3.8) is 0 Å². The molecule has 0 aliphatic heterocycles. The first-order valence-electron chi connectivity index (χ1n) is 6.44. The van der Waals surface area contributed by atoms with Gasteiger partial charge in [0, 0.05) is 23.7 Å². The molecule has 110 valence electrons. The Balaban J connectivity index is 1.77. The topological polar surface area (TPSA) is 58.2 Å². The molecule has 1 heterocycles. The van der Waals surface area contributed by atoms with Gasteiger partial charge < -0.3 is 10.6 Å². The Bertz CT molecular complexity index is 641. The first-order chi connectivity index (χ1) is 10.1. The molecule has 1 aromatic heterocycles. The average molecular weight is 323 g/mol. The summed E-state index contributed by atoms with van der Waals surface area (Å²) in [6.07, 6.45) is 0.211. The summed E-state index contributed by atoms with van der Waals surface area (Å²) in [7, 11) is 0. The number of anilines is 1. The fourth-order valence-corrected chi connectivity index (χ4v) is 2.50. The van der Waals surface area contributed by atoms with Gasteiger partial charge >= 0.3 is 0 Å². The van der Waals surface area contributed by atoms with Gasteiger partial charge in [0.25, 0.3) is 5.91 Å².